The van der Waals surface area contributed by atoms with Gasteiger partial charge in [0.05, 0.1) is 28.6 Å². The number of carbonyl (C=O) groups is 2. The number of hydrogen-bond donors (Lipinski definition) is 1. The normalized spacial score (nSPS) is 31.8. The lowest BCUT2D eigenvalue weighted by Crippen LogP contribution is -2.44. The fourth-order valence-corrected chi connectivity index (χ4v) is 4.93. The lowest BCUT2D eigenvalue weighted by molar-refractivity contribution is -0.153. The van der Waals surface area contributed by atoms with Gasteiger partial charge in [0.25, 0.3) is 0 Å². The molecule has 6 heteroatoms. The van der Waals surface area contributed by atoms with E-state index in [0.29, 0.717) is 12.3 Å². The van der Waals surface area contributed by atoms with E-state index in [4.69, 9.17) is 4.74 Å². The van der Waals surface area contributed by atoms with Crippen LogP contribution in [0, 0.1) is 30.1 Å². The molecule has 1 aromatic heterocycles. The Morgan fingerprint density at radius 2 is 1.94 bits per heavy atom. The standard InChI is InChI=1S/C27H41NO4S/c1-17-12-10-8-9-11-13-23(18(2)14-22-16-33-21(5)28-22)32-25(30)15-24(29)27(6,7)26(31)20(4)19(17)3/h9,11,14,16-17,19-20,23-24,29H,8,10,12-13,15H2,1-7H3/b11-9-,18-14+/t17-,19-,20+,23?,24-/m0/s1. The number of aromatic nitrogens is 1. The van der Waals surface area contributed by atoms with Crippen LogP contribution < -0.4 is 0 Å². The largest absolute Gasteiger partial charge is 0.457 e. The maximum absolute atomic E-state index is 13.3. The Bertz CT molecular complexity index is 869. The van der Waals surface area contributed by atoms with Crippen LogP contribution in [0.3, 0.4) is 0 Å². The number of nitrogens with zero attached hydrogens (tertiary/aromatic N) is 1. The van der Waals surface area contributed by atoms with Crippen LogP contribution in [0.1, 0.15) is 84.3 Å². The number of allylic oxidation sites excluding steroid dienone is 1. The molecule has 0 saturated heterocycles. The number of hydrogen-bond acceptors (Lipinski definition) is 6. The van der Waals surface area contributed by atoms with Gasteiger partial charge in [0, 0.05) is 17.7 Å². The number of aryl methyl sites for hydroxylation is 1. The molecule has 1 aliphatic heterocycles. The fourth-order valence-electron chi connectivity index (χ4n) is 4.36. The highest BCUT2D eigenvalue weighted by atomic mass is 32.1. The van der Waals surface area contributed by atoms with Gasteiger partial charge < -0.3 is 9.84 Å². The van der Waals surface area contributed by atoms with Crippen molar-refractivity contribution < 1.29 is 19.4 Å². The third-order valence-corrected chi connectivity index (χ3v) is 8.06. The first kappa shape index (κ1) is 27.5. The monoisotopic (exact) mass is 475 g/mol. The number of aliphatic hydroxyl groups is 1. The fraction of sp³-hybridized carbons (Fsp3) is 0.667. The van der Waals surface area contributed by atoms with Crippen LogP contribution in [0.25, 0.3) is 6.08 Å². The van der Waals surface area contributed by atoms with Gasteiger partial charge in [-0.25, -0.2) is 4.98 Å². The smallest absolute Gasteiger partial charge is 0.309 e. The lowest BCUT2D eigenvalue weighted by atomic mass is 9.70. The molecule has 5 atom stereocenters. The van der Waals surface area contributed by atoms with Crippen LogP contribution in [0.15, 0.2) is 23.1 Å². The first-order chi connectivity index (χ1) is 15.4. The summed E-state index contributed by atoms with van der Waals surface area (Å²) in [4.78, 5) is 30.5. The second-order valence-corrected chi connectivity index (χ2v) is 11.3. The third-order valence-electron chi connectivity index (χ3n) is 7.27. The Morgan fingerprint density at radius 3 is 2.58 bits per heavy atom. The number of rotatable bonds is 2. The molecule has 33 heavy (non-hydrogen) atoms. The summed E-state index contributed by atoms with van der Waals surface area (Å²) in [6.45, 7) is 13.6. The molecule has 0 aliphatic carbocycles. The minimum Gasteiger partial charge on any atom is -0.457 e. The summed E-state index contributed by atoms with van der Waals surface area (Å²) in [5, 5.41) is 13.8. The molecular weight excluding hydrogens is 434 g/mol. The molecule has 1 N–H and O–H groups in total. The molecule has 184 valence electrons. The van der Waals surface area contributed by atoms with E-state index >= 15 is 0 Å². The van der Waals surface area contributed by atoms with Crippen molar-refractivity contribution in [2.45, 2.75) is 92.8 Å². The highest BCUT2D eigenvalue weighted by Gasteiger charge is 2.41. The van der Waals surface area contributed by atoms with Crippen molar-refractivity contribution in [3.05, 3.63) is 33.8 Å². The topological polar surface area (TPSA) is 76.5 Å². The van der Waals surface area contributed by atoms with Crippen LogP contribution in [-0.4, -0.2) is 34.1 Å². The summed E-state index contributed by atoms with van der Waals surface area (Å²) in [6, 6.07) is 0. The molecule has 0 spiro atoms. The van der Waals surface area contributed by atoms with E-state index in [1.807, 2.05) is 32.2 Å². The van der Waals surface area contributed by atoms with Gasteiger partial charge >= 0.3 is 5.97 Å². The van der Waals surface area contributed by atoms with Crippen molar-refractivity contribution in [1.29, 1.82) is 0 Å². The van der Waals surface area contributed by atoms with Gasteiger partial charge in [-0.3, -0.25) is 9.59 Å². The van der Waals surface area contributed by atoms with Crippen molar-refractivity contribution in [2.75, 3.05) is 0 Å². The number of aliphatic hydroxyl groups excluding tert-OH is 1. The Balaban J connectivity index is 2.27. The first-order valence-corrected chi connectivity index (χ1v) is 13.0. The number of ether oxygens (including phenoxy) is 1. The predicted molar refractivity (Wildman–Crippen MR) is 135 cm³/mol. The Labute approximate surface area is 203 Å². The van der Waals surface area contributed by atoms with Gasteiger partial charge in [0.1, 0.15) is 11.9 Å². The van der Waals surface area contributed by atoms with Crippen LogP contribution >= 0.6 is 11.3 Å². The molecule has 2 rings (SSSR count). The number of thiazole rings is 1. The molecule has 0 saturated carbocycles. The Hall–Kier alpha value is -1.79. The Kier molecular flexibility index (Phi) is 10.0. The minimum absolute atomic E-state index is 0.000619. The summed E-state index contributed by atoms with van der Waals surface area (Å²) in [5.41, 5.74) is 0.730. The second-order valence-electron chi connectivity index (χ2n) is 10.2. The molecule has 2 heterocycles. The average Bonchev–Trinajstić information content (AvgIpc) is 3.16. The molecule has 5 nitrogen and oxygen atoms in total. The van der Waals surface area contributed by atoms with Gasteiger partial charge in [0.2, 0.25) is 0 Å². The average molecular weight is 476 g/mol. The number of carbonyl (C=O) groups excluding carboxylic acids is 2. The summed E-state index contributed by atoms with van der Waals surface area (Å²) < 4.78 is 5.80. The van der Waals surface area contributed by atoms with Crippen molar-refractivity contribution >= 4 is 29.2 Å². The third kappa shape index (κ3) is 7.61. The summed E-state index contributed by atoms with van der Waals surface area (Å²) >= 11 is 1.58. The van der Waals surface area contributed by atoms with Crippen LogP contribution in [-0.2, 0) is 14.3 Å². The van der Waals surface area contributed by atoms with E-state index in [1.54, 1.807) is 25.2 Å². The zero-order valence-electron chi connectivity index (χ0n) is 21.3. The first-order valence-electron chi connectivity index (χ1n) is 12.1. The highest BCUT2D eigenvalue weighted by Crippen LogP contribution is 2.34. The predicted octanol–water partition coefficient (Wildman–Crippen LogP) is 6.15. The second kappa shape index (κ2) is 12.1. The van der Waals surface area contributed by atoms with Crippen LogP contribution in [0.5, 0.6) is 0 Å². The van der Waals surface area contributed by atoms with E-state index in [0.717, 1.165) is 35.5 Å². The van der Waals surface area contributed by atoms with Crippen LogP contribution in [0.4, 0.5) is 0 Å². The van der Waals surface area contributed by atoms with Crippen molar-refractivity contribution in [3.63, 3.8) is 0 Å². The van der Waals surface area contributed by atoms with Crippen molar-refractivity contribution in [1.82, 2.24) is 4.98 Å². The molecule has 0 radical (unpaired) electrons. The van der Waals surface area contributed by atoms with Crippen molar-refractivity contribution in [2.24, 2.45) is 23.2 Å². The number of esters is 1. The molecule has 0 bridgehead atoms. The molecule has 0 fully saturated rings. The Morgan fingerprint density at radius 1 is 1.24 bits per heavy atom. The van der Waals surface area contributed by atoms with Gasteiger partial charge in [-0.05, 0) is 50.2 Å². The number of cyclic esters (lactones) is 1. The molecule has 0 amide bonds. The van der Waals surface area contributed by atoms with E-state index in [2.05, 4.69) is 31.0 Å². The van der Waals surface area contributed by atoms with Gasteiger partial charge in [-0.15, -0.1) is 11.3 Å². The van der Waals surface area contributed by atoms with E-state index < -0.39 is 23.6 Å². The molecule has 1 unspecified atom stereocenters. The summed E-state index contributed by atoms with van der Waals surface area (Å²) in [5.74, 6) is -0.0728. The zero-order chi connectivity index (χ0) is 24.8. The molecule has 1 aromatic rings. The molecule has 1 aliphatic rings. The maximum Gasteiger partial charge on any atom is 0.309 e. The van der Waals surface area contributed by atoms with E-state index in [1.165, 1.54) is 0 Å². The van der Waals surface area contributed by atoms with Crippen molar-refractivity contribution in [3.8, 4) is 0 Å². The number of ketones is 1. The highest BCUT2D eigenvalue weighted by molar-refractivity contribution is 7.09. The minimum atomic E-state index is -1.10. The summed E-state index contributed by atoms with van der Waals surface area (Å²) in [7, 11) is 0. The SMILES string of the molecule is C/C(=C\c1csc(C)n1)C1C/C=C\CCC[C@H](C)[C@H](C)[C@@H](C)C(=O)C(C)(C)[C@@H](O)CC(=O)O1. The maximum atomic E-state index is 13.3. The van der Waals surface area contributed by atoms with Gasteiger partial charge in [-0.2, -0.15) is 0 Å². The van der Waals surface area contributed by atoms with Crippen LogP contribution in [0.2, 0.25) is 0 Å². The van der Waals surface area contributed by atoms with Gasteiger partial charge in [0.15, 0.2) is 0 Å². The van der Waals surface area contributed by atoms with Gasteiger partial charge in [-0.1, -0.05) is 53.2 Å². The number of Topliss-reactive ketones (excluding diaryl/α,β-unsaturated/α-hetero) is 1. The van der Waals surface area contributed by atoms with E-state index in [9.17, 15) is 14.7 Å². The molecule has 0 aromatic carbocycles. The molecular formula is C27H41NO4S. The lowest BCUT2D eigenvalue weighted by Gasteiger charge is -2.35. The zero-order valence-corrected chi connectivity index (χ0v) is 22.1. The van der Waals surface area contributed by atoms with E-state index in [-0.39, 0.29) is 24.0 Å². The summed E-state index contributed by atoms with van der Waals surface area (Å²) in [6.07, 6.45) is 8.05. The quantitative estimate of drug-likeness (QED) is 0.410.